The zero-order valence-corrected chi connectivity index (χ0v) is 22.2. The molecule has 7 heteroatoms. The third-order valence-electron chi connectivity index (χ3n) is 7.60. The summed E-state index contributed by atoms with van der Waals surface area (Å²) in [7, 11) is -4.00. The van der Waals surface area contributed by atoms with E-state index in [0.717, 1.165) is 22.4 Å². The molecule has 0 fully saturated rings. The Morgan fingerprint density at radius 2 is 1.50 bits per heavy atom. The van der Waals surface area contributed by atoms with Gasteiger partial charge in [0.2, 0.25) is 0 Å². The van der Waals surface area contributed by atoms with Crippen molar-refractivity contribution < 1.29 is 22.2 Å². The van der Waals surface area contributed by atoms with Crippen LogP contribution in [0.4, 0.5) is 0 Å². The number of hydrogen-bond donors (Lipinski definition) is 0. The van der Waals surface area contributed by atoms with Crippen molar-refractivity contribution >= 4 is 27.4 Å². The summed E-state index contributed by atoms with van der Waals surface area (Å²) in [6, 6.07) is 20.6. The zero-order chi connectivity index (χ0) is 26.8. The fourth-order valence-electron chi connectivity index (χ4n) is 5.86. The first-order valence-electron chi connectivity index (χ1n) is 12.6. The minimum atomic E-state index is -4.00. The smallest absolute Gasteiger partial charge is 0.339 e. The van der Waals surface area contributed by atoms with Crippen molar-refractivity contribution in [1.29, 1.82) is 0 Å². The first kappa shape index (κ1) is 24.5. The van der Waals surface area contributed by atoms with Crippen molar-refractivity contribution in [1.82, 2.24) is 0 Å². The second-order valence-corrected chi connectivity index (χ2v) is 12.6. The van der Waals surface area contributed by atoms with E-state index in [4.69, 9.17) is 9.18 Å². The van der Waals surface area contributed by atoms with E-state index in [9.17, 15) is 18.0 Å². The van der Waals surface area contributed by atoms with E-state index < -0.39 is 22.0 Å². The molecule has 2 atom stereocenters. The van der Waals surface area contributed by atoms with Crippen LogP contribution in [0.3, 0.4) is 0 Å². The quantitative estimate of drug-likeness (QED) is 0.401. The minimum Gasteiger partial charge on any atom is -0.379 e. The Bertz CT molecular complexity index is 1660. The topological polar surface area (TPSA) is 89.9 Å². The Morgan fingerprint density at radius 1 is 0.842 bits per heavy atom. The van der Waals surface area contributed by atoms with E-state index in [0.29, 0.717) is 29.7 Å². The highest BCUT2D eigenvalue weighted by Crippen LogP contribution is 2.51. The number of aryl methyl sites for hydroxylation is 1. The fraction of sp³-hybridized carbons (Fsp3) is 0.258. The second kappa shape index (κ2) is 8.60. The molecule has 2 aliphatic carbocycles. The summed E-state index contributed by atoms with van der Waals surface area (Å²) in [6.07, 6.45) is 1.03. The summed E-state index contributed by atoms with van der Waals surface area (Å²) in [6.45, 7) is 6.00. The molecule has 3 aromatic rings. The largest absolute Gasteiger partial charge is 0.379 e. The van der Waals surface area contributed by atoms with Gasteiger partial charge in [-0.2, -0.15) is 8.42 Å². The molecule has 0 saturated heterocycles. The predicted molar refractivity (Wildman–Crippen MR) is 144 cm³/mol. The van der Waals surface area contributed by atoms with Gasteiger partial charge in [0.15, 0.2) is 11.6 Å². The Kier molecular flexibility index (Phi) is 5.54. The number of Topliss-reactive ketones (excluding diaryl/α,β-unsaturated/α-hetero) is 2. The van der Waals surface area contributed by atoms with Crippen LogP contribution >= 0.6 is 0 Å². The van der Waals surface area contributed by atoms with Gasteiger partial charge < -0.3 is 4.18 Å². The van der Waals surface area contributed by atoms with Crippen molar-refractivity contribution in [3.8, 4) is 5.75 Å². The molecule has 0 N–H and O–H groups in total. The number of hydrogen-bond acceptors (Lipinski definition) is 6. The van der Waals surface area contributed by atoms with Gasteiger partial charge >= 0.3 is 10.1 Å². The third kappa shape index (κ3) is 4.02. The molecule has 6 nitrogen and oxygen atoms in total. The number of nitrogens with zero attached hydrogens (tertiary/aromatic N) is 1. The molecule has 6 rings (SSSR count). The van der Waals surface area contributed by atoms with Crippen LogP contribution in [0.1, 0.15) is 59.7 Å². The maximum Gasteiger partial charge on any atom is 0.339 e. The summed E-state index contributed by atoms with van der Waals surface area (Å²) in [5.74, 6) is -0.973. The third-order valence-corrected chi connectivity index (χ3v) is 8.86. The standard InChI is InChI=1S/C31H27NO5S/c1-18-8-14-21(15-9-18)38(35,36)37-20-12-10-19(11-13-20)26-27-24(16-31(2,3)17-25(27)33)32-29-22-6-4-5-7-23(22)30(34)28(26)29/h4-15,26,28H,16-17H2,1-3H3/t26-,28-/m0/s1. The normalized spacial score (nSPS) is 21.9. The summed E-state index contributed by atoms with van der Waals surface area (Å²) in [5, 5.41) is 0. The highest BCUT2D eigenvalue weighted by atomic mass is 32.2. The van der Waals surface area contributed by atoms with E-state index in [1.165, 1.54) is 12.1 Å². The summed E-state index contributed by atoms with van der Waals surface area (Å²) in [5.41, 5.74) is 4.97. The van der Waals surface area contributed by atoms with E-state index in [-0.39, 0.29) is 27.6 Å². The number of benzene rings is 3. The summed E-state index contributed by atoms with van der Waals surface area (Å²) >= 11 is 0. The van der Waals surface area contributed by atoms with E-state index in [2.05, 4.69) is 13.8 Å². The van der Waals surface area contributed by atoms with E-state index >= 15 is 0 Å². The van der Waals surface area contributed by atoms with Crippen molar-refractivity contribution in [2.75, 3.05) is 0 Å². The first-order valence-corrected chi connectivity index (χ1v) is 14.0. The highest BCUT2D eigenvalue weighted by Gasteiger charge is 2.50. The van der Waals surface area contributed by atoms with Gasteiger partial charge in [0.1, 0.15) is 10.6 Å². The predicted octanol–water partition coefficient (Wildman–Crippen LogP) is 5.80. The molecule has 1 aliphatic heterocycles. The monoisotopic (exact) mass is 525 g/mol. The van der Waals surface area contributed by atoms with Crippen LogP contribution in [-0.2, 0) is 14.9 Å². The van der Waals surface area contributed by atoms with Gasteiger partial charge in [0.05, 0.1) is 11.6 Å². The van der Waals surface area contributed by atoms with Crippen molar-refractivity contribution in [3.63, 3.8) is 0 Å². The van der Waals surface area contributed by atoms with Gasteiger partial charge in [-0.15, -0.1) is 0 Å². The molecule has 3 aromatic carbocycles. The molecule has 0 bridgehead atoms. The lowest BCUT2D eigenvalue weighted by atomic mass is 9.66. The molecule has 1 heterocycles. The maximum atomic E-state index is 13.6. The van der Waals surface area contributed by atoms with Crippen molar-refractivity contribution in [3.05, 3.63) is 106 Å². The molecular formula is C31H27NO5S. The van der Waals surface area contributed by atoms with Gasteiger partial charge in [0, 0.05) is 34.7 Å². The SMILES string of the molecule is Cc1ccc(S(=O)(=O)Oc2ccc([C@H]3C4=C(CC(C)(C)CC4=O)N=C4c5ccccc5C(=O)[C@H]43)cc2)cc1. The fourth-order valence-corrected chi connectivity index (χ4v) is 6.79. The van der Waals surface area contributed by atoms with Crippen LogP contribution < -0.4 is 4.18 Å². The lowest BCUT2D eigenvalue weighted by Gasteiger charge is -2.38. The summed E-state index contributed by atoms with van der Waals surface area (Å²) in [4.78, 5) is 32.1. The maximum absolute atomic E-state index is 13.6. The molecule has 0 aromatic heterocycles. The molecule has 3 aliphatic rings. The Hall–Kier alpha value is -3.84. The molecule has 0 radical (unpaired) electrons. The van der Waals surface area contributed by atoms with Crippen LogP contribution in [0, 0.1) is 18.3 Å². The van der Waals surface area contributed by atoms with Crippen LogP contribution in [0.2, 0.25) is 0 Å². The average molecular weight is 526 g/mol. The lowest BCUT2D eigenvalue weighted by molar-refractivity contribution is -0.118. The van der Waals surface area contributed by atoms with Gasteiger partial charge in [-0.3, -0.25) is 14.6 Å². The Balaban J connectivity index is 1.40. The number of rotatable bonds is 4. The molecule has 0 saturated carbocycles. The van der Waals surface area contributed by atoms with Crippen molar-refractivity contribution in [2.45, 2.75) is 44.4 Å². The van der Waals surface area contributed by atoms with Crippen LogP contribution in [0.5, 0.6) is 5.75 Å². The Labute approximate surface area is 222 Å². The number of fused-ring (bicyclic) bond motifs is 3. The van der Waals surface area contributed by atoms with Gasteiger partial charge in [-0.25, -0.2) is 0 Å². The van der Waals surface area contributed by atoms with Gasteiger partial charge in [-0.1, -0.05) is 67.9 Å². The van der Waals surface area contributed by atoms with Crippen LogP contribution in [0.15, 0.2) is 94.0 Å². The molecular weight excluding hydrogens is 498 g/mol. The van der Waals surface area contributed by atoms with E-state index in [1.807, 2.05) is 31.2 Å². The zero-order valence-electron chi connectivity index (χ0n) is 21.4. The molecule has 38 heavy (non-hydrogen) atoms. The number of carbonyl (C=O) groups excluding carboxylic acids is 2. The average Bonchev–Trinajstić information content (AvgIpc) is 3.14. The second-order valence-electron chi connectivity index (χ2n) is 11.1. The van der Waals surface area contributed by atoms with Crippen LogP contribution in [-0.4, -0.2) is 25.7 Å². The minimum absolute atomic E-state index is 0.00933. The molecule has 0 unspecified atom stereocenters. The highest BCUT2D eigenvalue weighted by molar-refractivity contribution is 7.87. The first-order chi connectivity index (χ1) is 18.0. The van der Waals surface area contributed by atoms with Gasteiger partial charge in [0.25, 0.3) is 0 Å². The number of aliphatic imine (C=N–C) groups is 1. The van der Waals surface area contributed by atoms with Crippen molar-refractivity contribution in [2.24, 2.45) is 16.3 Å². The lowest BCUT2D eigenvalue weighted by Crippen LogP contribution is -2.37. The number of carbonyl (C=O) groups is 2. The molecule has 192 valence electrons. The van der Waals surface area contributed by atoms with E-state index in [1.54, 1.807) is 36.4 Å². The number of ketones is 2. The van der Waals surface area contributed by atoms with Gasteiger partial charge in [-0.05, 0) is 48.6 Å². The number of allylic oxidation sites excluding steroid dienone is 2. The van der Waals surface area contributed by atoms with Crippen LogP contribution in [0.25, 0.3) is 0 Å². The molecule has 0 amide bonds. The summed E-state index contributed by atoms with van der Waals surface area (Å²) < 4.78 is 30.9. The molecule has 0 spiro atoms. The Morgan fingerprint density at radius 3 is 2.18 bits per heavy atom.